The lowest BCUT2D eigenvalue weighted by Gasteiger charge is -2.17. The number of H-pyrrole nitrogens is 1. The number of fused-ring (bicyclic) bond motifs is 1. The normalized spacial score (nSPS) is 11.9. The van der Waals surface area contributed by atoms with Crippen LogP contribution in [0.1, 0.15) is 18.7 Å². The van der Waals surface area contributed by atoms with Gasteiger partial charge in [0.2, 0.25) is 5.91 Å². The molecule has 0 saturated heterocycles. The van der Waals surface area contributed by atoms with Crippen LogP contribution < -0.4 is 15.0 Å². The lowest BCUT2D eigenvalue weighted by molar-refractivity contribution is -0.117. The first-order valence-corrected chi connectivity index (χ1v) is 13.9. The number of aromatic amines is 1. The van der Waals surface area contributed by atoms with Crippen molar-refractivity contribution in [3.05, 3.63) is 78.0 Å². The number of aliphatic hydroxyl groups excluding tert-OH is 1. The van der Waals surface area contributed by atoms with E-state index in [2.05, 4.69) is 27.1 Å². The SMILES string of the molecule is C=CC(=O)NC(C)c1cc(-c2nc(-c3ccc(N(C)C)nc3)c3ccsc3c2-c2c(F)cc(F)cc2OCCO)n[nH]1. The molecule has 5 rings (SSSR count). The molecule has 4 aromatic heterocycles. The third-order valence-electron chi connectivity index (χ3n) is 6.56. The van der Waals surface area contributed by atoms with Gasteiger partial charge in [0.25, 0.3) is 0 Å². The Morgan fingerprint density at radius 2 is 2.02 bits per heavy atom. The number of aromatic nitrogens is 4. The molecule has 0 saturated carbocycles. The average molecular weight is 591 g/mol. The molecule has 42 heavy (non-hydrogen) atoms. The summed E-state index contributed by atoms with van der Waals surface area (Å²) in [6, 6.07) is 8.80. The molecule has 0 aliphatic heterocycles. The number of aliphatic hydroxyl groups is 1. The Balaban J connectivity index is 1.78. The molecule has 0 fully saturated rings. The van der Waals surface area contributed by atoms with Gasteiger partial charge in [0.1, 0.15) is 41.2 Å². The summed E-state index contributed by atoms with van der Waals surface area (Å²) in [4.78, 5) is 23.3. The maximum atomic E-state index is 15.7. The van der Waals surface area contributed by atoms with Crippen LogP contribution in [0, 0.1) is 11.6 Å². The van der Waals surface area contributed by atoms with Gasteiger partial charge in [-0.05, 0) is 42.6 Å². The van der Waals surface area contributed by atoms with Gasteiger partial charge in [-0.25, -0.2) is 18.7 Å². The van der Waals surface area contributed by atoms with Crippen LogP contribution in [0.25, 0.3) is 43.9 Å². The zero-order valence-corrected chi connectivity index (χ0v) is 23.9. The van der Waals surface area contributed by atoms with Crippen molar-refractivity contribution in [1.82, 2.24) is 25.5 Å². The molecule has 1 atom stereocenters. The topological polar surface area (TPSA) is 116 Å². The van der Waals surface area contributed by atoms with Crippen LogP contribution in [0.2, 0.25) is 0 Å². The van der Waals surface area contributed by atoms with Crippen LogP contribution in [0.15, 0.2) is 60.6 Å². The number of amides is 1. The number of ether oxygens (including phenoxy) is 1. The molecule has 4 heterocycles. The number of carbonyl (C=O) groups excluding carboxylic acids is 1. The third kappa shape index (κ3) is 5.58. The lowest BCUT2D eigenvalue weighted by atomic mass is 9.96. The summed E-state index contributed by atoms with van der Waals surface area (Å²) in [5.41, 5.74) is 2.93. The van der Waals surface area contributed by atoms with E-state index < -0.39 is 17.7 Å². The molecule has 1 aromatic carbocycles. The second-order valence-electron chi connectivity index (χ2n) is 9.62. The Morgan fingerprint density at radius 3 is 2.71 bits per heavy atom. The van der Waals surface area contributed by atoms with Gasteiger partial charge in [0, 0.05) is 53.6 Å². The standard InChI is InChI=1S/C30H28F2N6O3S/c1-5-25(40)34-16(2)21-14-22(37-36-21)29-27(26-20(32)12-18(31)13-23(26)41-10-9-39)30-19(8-11-42-30)28(35-29)17-6-7-24(33-15-17)38(3)4/h5-8,11-16,39H,1,9-10H2,2-4H3,(H,34,40)(H,36,37). The van der Waals surface area contributed by atoms with Crippen LogP contribution >= 0.6 is 11.3 Å². The maximum absolute atomic E-state index is 15.7. The number of hydrogen-bond acceptors (Lipinski definition) is 8. The Hall–Kier alpha value is -4.68. The summed E-state index contributed by atoms with van der Waals surface area (Å²) >= 11 is 1.36. The number of nitrogens with one attached hydrogen (secondary N) is 2. The molecule has 0 bridgehead atoms. The fraction of sp³-hybridized carbons (Fsp3) is 0.200. The summed E-state index contributed by atoms with van der Waals surface area (Å²) < 4.78 is 36.4. The minimum absolute atomic E-state index is 0.00927. The number of pyridine rings is 2. The van der Waals surface area contributed by atoms with Crippen LogP contribution in [-0.4, -0.2) is 58.5 Å². The van der Waals surface area contributed by atoms with E-state index in [1.165, 1.54) is 17.4 Å². The van der Waals surface area contributed by atoms with Crippen molar-refractivity contribution in [2.75, 3.05) is 32.2 Å². The Labute approximate surface area is 244 Å². The number of rotatable bonds is 10. The van der Waals surface area contributed by atoms with E-state index in [1.54, 1.807) is 19.2 Å². The van der Waals surface area contributed by atoms with Crippen molar-refractivity contribution >= 4 is 33.1 Å². The molecule has 12 heteroatoms. The second kappa shape index (κ2) is 12.0. The molecule has 5 aromatic rings. The monoisotopic (exact) mass is 590 g/mol. The molecule has 0 aliphatic carbocycles. The van der Waals surface area contributed by atoms with Crippen molar-refractivity contribution < 1.29 is 23.4 Å². The highest BCUT2D eigenvalue weighted by molar-refractivity contribution is 7.18. The predicted octanol–water partition coefficient (Wildman–Crippen LogP) is 5.49. The fourth-order valence-corrected chi connectivity index (χ4v) is 5.49. The molecule has 1 unspecified atom stereocenters. The molecule has 9 nitrogen and oxygen atoms in total. The predicted molar refractivity (Wildman–Crippen MR) is 159 cm³/mol. The van der Waals surface area contributed by atoms with E-state index in [0.29, 0.717) is 33.0 Å². The highest BCUT2D eigenvalue weighted by Crippen LogP contribution is 2.47. The number of halogens is 2. The number of hydrogen-bond donors (Lipinski definition) is 3. The zero-order valence-electron chi connectivity index (χ0n) is 23.1. The molecule has 0 radical (unpaired) electrons. The Morgan fingerprint density at radius 1 is 1.21 bits per heavy atom. The van der Waals surface area contributed by atoms with E-state index in [-0.39, 0.29) is 30.4 Å². The van der Waals surface area contributed by atoms with Gasteiger partial charge >= 0.3 is 0 Å². The number of thiophene rings is 1. The van der Waals surface area contributed by atoms with Gasteiger partial charge in [0.05, 0.1) is 29.6 Å². The quantitative estimate of drug-likeness (QED) is 0.184. The summed E-state index contributed by atoms with van der Waals surface area (Å²) in [6.07, 6.45) is 2.89. The summed E-state index contributed by atoms with van der Waals surface area (Å²) in [5.74, 6) is -1.34. The molecule has 0 aliphatic rings. The van der Waals surface area contributed by atoms with Gasteiger partial charge < -0.3 is 20.1 Å². The zero-order chi connectivity index (χ0) is 30.0. The van der Waals surface area contributed by atoms with E-state index >= 15 is 4.39 Å². The van der Waals surface area contributed by atoms with Gasteiger partial charge in [-0.3, -0.25) is 9.89 Å². The maximum Gasteiger partial charge on any atom is 0.243 e. The summed E-state index contributed by atoms with van der Waals surface area (Å²) in [6.45, 7) is 4.75. The van der Waals surface area contributed by atoms with Crippen LogP contribution in [-0.2, 0) is 4.79 Å². The van der Waals surface area contributed by atoms with Gasteiger partial charge in [-0.1, -0.05) is 6.58 Å². The van der Waals surface area contributed by atoms with Crippen molar-refractivity contribution in [3.8, 4) is 39.5 Å². The van der Waals surface area contributed by atoms with E-state index in [4.69, 9.17) is 9.72 Å². The van der Waals surface area contributed by atoms with E-state index in [1.807, 2.05) is 42.6 Å². The highest BCUT2D eigenvalue weighted by Gasteiger charge is 2.27. The number of carbonyl (C=O) groups is 1. The smallest absolute Gasteiger partial charge is 0.243 e. The molecular weight excluding hydrogens is 562 g/mol. The minimum Gasteiger partial charge on any atom is -0.490 e. The van der Waals surface area contributed by atoms with E-state index in [9.17, 15) is 14.3 Å². The Bertz CT molecular complexity index is 1770. The van der Waals surface area contributed by atoms with Crippen molar-refractivity contribution in [3.63, 3.8) is 0 Å². The number of benzene rings is 1. The van der Waals surface area contributed by atoms with Crippen molar-refractivity contribution in [1.29, 1.82) is 0 Å². The molecule has 0 spiro atoms. The summed E-state index contributed by atoms with van der Waals surface area (Å²) in [5, 5.41) is 22.1. The molecule has 216 valence electrons. The lowest BCUT2D eigenvalue weighted by Crippen LogP contribution is -2.24. The molecule has 3 N–H and O–H groups in total. The first-order chi connectivity index (χ1) is 20.2. The van der Waals surface area contributed by atoms with Crippen molar-refractivity contribution in [2.45, 2.75) is 13.0 Å². The van der Waals surface area contributed by atoms with Crippen LogP contribution in [0.3, 0.4) is 0 Å². The number of nitrogens with zero attached hydrogens (tertiary/aromatic N) is 4. The first-order valence-electron chi connectivity index (χ1n) is 13.0. The largest absolute Gasteiger partial charge is 0.490 e. The average Bonchev–Trinajstić information content (AvgIpc) is 3.66. The van der Waals surface area contributed by atoms with Crippen LogP contribution in [0.5, 0.6) is 5.75 Å². The van der Waals surface area contributed by atoms with Gasteiger partial charge in [-0.15, -0.1) is 11.3 Å². The van der Waals surface area contributed by atoms with Crippen LogP contribution in [0.4, 0.5) is 14.6 Å². The van der Waals surface area contributed by atoms with Gasteiger partial charge in [-0.2, -0.15) is 5.10 Å². The van der Waals surface area contributed by atoms with E-state index in [0.717, 1.165) is 28.9 Å². The van der Waals surface area contributed by atoms with Gasteiger partial charge in [0.15, 0.2) is 0 Å². The second-order valence-corrected chi connectivity index (χ2v) is 10.5. The highest BCUT2D eigenvalue weighted by atomic mass is 32.1. The fourth-order valence-electron chi connectivity index (χ4n) is 4.54. The molecular formula is C30H28F2N6O3S. The third-order valence-corrected chi connectivity index (χ3v) is 7.49. The summed E-state index contributed by atoms with van der Waals surface area (Å²) in [7, 11) is 3.79. The molecule has 1 amide bonds. The number of anilines is 1. The first kappa shape index (κ1) is 28.8. The Kier molecular flexibility index (Phi) is 8.27. The van der Waals surface area contributed by atoms with Crippen molar-refractivity contribution in [2.24, 2.45) is 0 Å². The minimum atomic E-state index is -0.854.